The molecule has 0 unspecified atom stereocenters. The number of hydrogen-bond acceptors (Lipinski definition) is 4. The first-order valence-corrected chi connectivity index (χ1v) is 7.77. The molecule has 0 atom stereocenters. The van der Waals surface area contributed by atoms with Crippen molar-refractivity contribution in [3.63, 3.8) is 0 Å². The van der Waals surface area contributed by atoms with E-state index < -0.39 is 26.6 Å². The van der Waals surface area contributed by atoms with Crippen molar-refractivity contribution in [3.8, 4) is 0 Å². The summed E-state index contributed by atoms with van der Waals surface area (Å²) in [6, 6.07) is 2.44. The summed E-state index contributed by atoms with van der Waals surface area (Å²) in [5.74, 6) is -1.71. The highest BCUT2D eigenvalue weighted by atomic mass is 32.2. The summed E-state index contributed by atoms with van der Waals surface area (Å²) in [7, 11) is -3.99. The number of hydrogen-bond donors (Lipinski definition) is 1. The third kappa shape index (κ3) is 3.14. The van der Waals surface area contributed by atoms with Gasteiger partial charge < -0.3 is 5.73 Å². The molecule has 0 bridgehead atoms. The van der Waals surface area contributed by atoms with E-state index in [1.165, 1.54) is 4.31 Å². The maximum absolute atomic E-state index is 13.6. The Balaban J connectivity index is 2.18. The fraction of sp³-hybridized carbons (Fsp3) is 0.500. The molecule has 0 radical (unpaired) electrons. The second-order valence-electron chi connectivity index (χ2n) is 4.61. The van der Waals surface area contributed by atoms with Crippen molar-refractivity contribution in [2.45, 2.75) is 4.90 Å². The Hall–Kier alpha value is -1.09. The predicted molar refractivity (Wildman–Crippen MR) is 70.6 cm³/mol. The van der Waals surface area contributed by atoms with Crippen LogP contribution in [0.5, 0.6) is 0 Å². The second kappa shape index (κ2) is 6.13. The first kappa shape index (κ1) is 15.3. The average molecular weight is 305 g/mol. The molecule has 1 aliphatic heterocycles. The number of piperazine rings is 1. The molecular formula is C12H17F2N3O2S. The van der Waals surface area contributed by atoms with Crippen LogP contribution in [0.3, 0.4) is 0 Å². The Morgan fingerprint density at radius 3 is 2.40 bits per heavy atom. The van der Waals surface area contributed by atoms with Gasteiger partial charge in [0.15, 0.2) is 0 Å². The molecule has 1 fully saturated rings. The molecule has 1 aromatic carbocycles. The highest BCUT2D eigenvalue weighted by molar-refractivity contribution is 7.89. The fourth-order valence-corrected chi connectivity index (χ4v) is 3.69. The van der Waals surface area contributed by atoms with Crippen LogP contribution in [0.1, 0.15) is 0 Å². The standard InChI is InChI=1S/C12H17F2N3O2S/c13-10-1-2-11(14)12(9-10)20(18,19)17-7-5-16(4-3-15)6-8-17/h1-2,9H,3-8,15H2. The van der Waals surface area contributed by atoms with Gasteiger partial charge in [0.25, 0.3) is 0 Å². The van der Waals surface area contributed by atoms with E-state index >= 15 is 0 Å². The fourth-order valence-electron chi connectivity index (χ4n) is 2.19. The molecule has 0 saturated carbocycles. The summed E-state index contributed by atoms with van der Waals surface area (Å²) in [6.45, 7) is 2.77. The number of sulfonamides is 1. The first-order chi connectivity index (χ1) is 9.45. The first-order valence-electron chi connectivity index (χ1n) is 6.33. The summed E-state index contributed by atoms with van der Waals surface area (Å²) in [5, 5.41) is 0. The lowest BCUT2D eigenvalue weighted by atomic mass is 10.3. The Morgan fingerprint density at radius 2 is 1.80 bits per heavy atom. The van der Waals surface area contributed by atoms with Crippen LogP contribution in [-0.4, -0.2) is 56.9 Å². The van der Waals surface area contributed by atoms with E-state index in [2.05, 4.69) is 0 Å². The van der Waals surface area contributed by atoms with E-state index in [1.54, 1.807) is 0 Å². The van der Waals surface area contributed by atoms with Gasteiger partial charge in [0.05, 0.1) is 0 Å². The summed E-state index contributed by atoms with van der Waals surface area (Å²) in [4.78, 5) is 1.43. The molecule has 8 heteroatoms. The minimum absolute atomic E-state index is 0.248. The third-order valence-electron chi connectivity index (χ3n) is 3.29. The highest BCUT2D eigenvalue weighted by Crippen LogP contribution is 2.21. The summed E-state index contributed by atoms with van der Waals surface area (Å²) >= 11 is 0. The lowest BCUT2D eigenvalue weighted by molar-refractivity contribution is 0.192. The van der Waals surface area contributed by atoms with Gasteiger partial charge in [0.2, 0.25) is 10.0 Å². The van der Waals surface area contributed by atoms with Crippen LogP contribution >= 0.6 is 0 Å². The molecule has 112 valence electrons. The number of rotatable bonds is 4. The van der Waals surface area contributed by atoms with Crippen LogP contribution in [0.25, 0.3) is 0 Å². The van der Waals surface area contributed by atoms with Crippen molar-refractivity contribution < 1.29 is 17.2 Å². The largest absolute Gasteiger partial charge is 0.329 e. The van der Waals surface area contributed by atoms with Crippen LogP contribution < -0.4 is 5.73 Å². The monoisotopic (exact) mass is 305 g/mol. The smallest absolute Gasteiger partial charge is 0.246 e. The van der Waals surface area contributed by atoms with E-state index in [9.17, 15) is 17.2 Å². The molecule has 1 saturated heterocycles. The van der Waals surface area contributed by atoms with E-state index in [1.807, 2.05) is 4.90 Å². The number of nitrogens with zero attached hydrogens (tertiary/aromatic N) is 2. The summed E-state index contributed by atoms with van der Waals surface area (Å²) in [6.07, 6.45) is 0. The lowest BCUT2D eigenvalue weighted by Gasteiger charge is -2.33. The Bertz CT molecular complexity index is 572. The SMILES string of the molecule is NCCN1CCN(S(=O)(=O)c2cc(F)ccc2F)CC1. The van der Waals surface area contributed by atoms with Gasteiger partial charge >= 0.3 is 0 Å². The van der Waals surface area contributed by atoms with Gasteiger partial charge in [-0.05, 0) is 18.2 Å². The van der Waals surface area contributed by atoms with Gasteiger partial charge in [-0.3, -0.25) is 4.90 Å². The van der Waals surface area contributed by atoms with Gasteiger partial charge in [0, 0.05) is 39.3 Å². The van der Waals surface area contributed by atoms with Crippen molar-refractivity contribution in [2.75, 3.05) is 39.3 Å². The predicted octanol–water partition coefficient (Wildman–Crippen LogP) is 0.230. The van der Waals surface area contributed by atoms with Crippen LogP contribution in [0.4, 0.5) is 8.78 Å². The second-order valence-corrected chi connectivity index (χ2v) is 6.52. The minimum atomic E-state index is -3.99. The van der Waals surface area contributed by atoms with E-state index in [4.69, 9.17) is 5.73 Å². The quantitative estimate of drug-likeness (QED) is 0.865. The molecule has 5 nitrogen and oxygen atoms in total. The van der Waals surface area contributed by atoms with Gasteiger partial charge in [0.1, 0.15) is 16.5 Å². The summed E-state index contributed by atoms with van der Waals surface area (Å²) in [5.41, 5.74) is 5.44. The van der Waals surface area contributed by atoms with Gasteiger partial charge in [-0.15, -0.1) is 0 Å². The van der Waals surface area contributed by atoms with Crippen molar-refractivity contribution in [2.24, 2.45) is 5.73 Å². The molecule has 0 aromatic heterocycles. The number of halogens is 2. The van der Waals surface area contributed by atoms with Crippen molar-refractivity contribution in [3.05, 3.63) is 29.8 Å². The summed E-state index contributed by atoms with van der Waals surface area (Å²) < 4.78 is 52.5. The van der Waals surface area contributed by atoms with Crippen molar-refractivity contribution in [1.82, 2.24) is 9.21 Å². The average Bonchev–Trinajstić information content (AvgIpc) is 2.42. The van der Waals surface area contributed by atoms with Crippen LogP contribution in [0.2, 0.25) is 0 Å². The van der Waals surface area contributed by atoms with Gasteiger partial charge in [-0.2, -0.15) is 4.31 Å². The maximum Gasteiger partial charge on any atom is 0.246 e. The molecule has 20 heavy (non-hydrogen) atoms. The zero-order valence-corrected chi connectivity index (χ0v) is 11.7. The molecule has 0 amide bonds. The lowest BCUT2D eigenvalue weighted by Crippen LogP contribution is -2.49. The maximum atomic E-state index is 13.6. The number of benzene rings is 1. The third-order valence-corrected chi connectivity index (χ3v) is 5.20. The van der Waals surface area contributed by atoms with Crippen LogP contribution in [0.15, 0.2) is 23.1 Å². The van der Waals surface area contributed by atoms with E-state index in [0.29, 0.717) is 26.2 Å². The molecule has 0 spiro atoms. The van der Waals surface area contributed by atoms with Crippen molar-refractivity contribution >= 4 is 10.0 Å². The van der Waals surface area contributed by atoms with Crippen molar-refractivity contribution in [1.29, 1.82) is 0 Å². The zero-order chi connectivity index (χ0) is 14.8. The number of nitrogens with two attached hydrogens (primary N) is 1. The minimum Gasteiger partial charge on any atom is -0.329 e. The van der Waals surface area contributed by atoms with Gasteiger partial charge in [-0.1, -0.05) is 0 Å². The zero-order valence-electron chi connectivity index (χ0n) is 10.9. The van der Waals surface area contributed by atoms with E-state index in [0.717, 1.165) is 18.2 Å². The van der Waals surface area contributed by atoms with Crippen LogP contribution in [0, 0.1) is 11.6 Å². The Morgan fingerprint density at radius 1 is 1.15 bits per heavy atom. The normalized spacial score (nSPS) is 18.4. The Labute approximate surface area is 117 Å². The topological polar surface area (TPSA) is 66.6 Å². The molecule has 2 N–H and O–H groups in total. The molecule has 0 aliphatic carbocycles. The Kier molecular flexibility index (Phi) is 4.69. The van der Waals surface area contributed by atoms with E-state index in [-0.39, 0.29) is 13.1 Å². The molecule has 1 aromatic rings. The molecule has 2 rings (SSSR count). The van der Waals surface area contributed by atoms with Gasteiger partial charge in [-0.25, -0.2) is 17.2 Å². The molecule has 1 aliphatic rings. The molecular weight excluding hydrogens is 288 g/mol. The highest BCUT2D eigenvalue weighted by Gasteiger charge is 2.30. The van der Waals surface area contributed by atoms with Crippen LogP contribution in [-0.2, 0) is 10.0 Å². The molecule has 1 heterocycles.